The number of carbonyl (C=O) groups excluding carboxylic acids is 1. The summed E-state index contributed by atoms with van der Waals surface area (Å²) in [6.45, 7) is 5.00. The van der Waals surface area contributed by atoms with Gasteiger partial charge in [-0.2, -0.15) is 37.3 Å². The minimum atomic E-state index is 0. The van der Waals surface area contributed by atoms with Gasteiger partial charge >= 0.3 is 32.7 Å². The number of hydrogen-bond acceptors (Lipinski definition) is 2. The second-order valence-corrected chi connectivity index (χ2v) is 2.98. The fraction of sp³-hybridized carbons (Fsp3) is 0.0625. The zero-order chi connectivity index (χ0) is 13.8. The van der Waals surface area contributed by atoms with Gasteiger partial charge in [0.1, 0.15) is 0 Å². The van der Waals surface area contributed by atoms with Crippen LogP contribution >= 0.6 is 0 Å². The van der Waals surface area contributed by atoms with Crippen molar-refractivity contribution in [3.63, 3.8) is 0 Å². The van der Waals surface area contributed by atoms with Crippen LogP contribution in [-0.4, -0.2) is 10.9 Å². The molecule has 96 valence electrons. The Bertz CT molecular complexity index is 386. The van der Waals surface area contributed by atoms with Crippen LogP contribution in [0.4, 0.5) is 0 Å². The standard InChI is InChI=1S/C13H9O.C2H5.CH3O.Y/c14-13(11-7-3-1-4-8-11)12-9-5-2-6-10-12;2*1-2;/h1,3-10H;1H2,2H3;2H,1H2;/q3*-1;+3. The SMILES string of the molecule is O=C(c1cc[c-]cc1)c1ccccc1.[CH2-]C.[CH2-]O.[Y+3]. The van der Waals surface area contributed by atoms with Crippen LogP contribution in [0.15, 0.2) is 54.6 Å². The maximum absolute atomic E-state index is 11.8. The van der Waals surface area contributed by atoms with Gasteiger partial charge in [-0.15, -0.1) is 0 Å². The third-order valence-electron chi connectivity index (χ3n) is 2.02. The van der Waals surface area contributed by atoms with Crippen molar-refractivity contribution in [2.45, 2.75) is 6.92 Å². The van der Waals surface area contributed by atoms with Gasteiger partial charge in [-0.25, -0.2) is 7.11 Å². The van der Waals surface area contributed by atoms with Crippen molar-refractivity contribution in [2.75, 3.05) is 0 Å². The summed E-state index contributed by atoms with van der Waals surface area (Å²) >= 11 is 0. The first kappa shape index (κ1) is 20.5. The van der Waals surface area contributed by atoms with Crippen LogP contribution in [0.2, 0.25) is 0 Å². The quantitative estimate of drug-likeness (QED) is 0.673. The van der Waals surface area contributed by atoms with E-state index in [4.69, 9.17) is 5.11 Å². The maximum Gasteiger partial charge on any atom is 3.00 e. The van der Waals surface area contributed by atoms with E-state index in [0.29, 0.717) is 5.56 Å². The fourth-order valence-electron chi connectivity index (χ4n) is 1.29. The van der Waals surface area contributed by atoms with Crippen LogP contribution < -0.4 is 0 Å². The molecule has 2 nitrogen and oxygen atoms in total. The van der Waals surface area contributed by atoms with Gasteiger partial charge in [0.25, 0.3) is 0 Å². The van der Waals surface area contributed by atoms with Crippen molar-refractivity contribution >= 4 is 5.78 Å². The molecule has 19 heavy (non-hydrogen) atoms. The van der Waals surface area contributed by atoms with E-state index in [-0.39, 0.29) is 38.5 Å². The van der Waals surface area contributed by atoms with Gasteiger partial charge in [0.05, 0.1) is 0 Å². The number of ketones is 1. The van der Waals surface area contributed by atoms with Crippen molar-refractivity contribution in [1.82, 2.24) is 0 Å². The molecule has 2 rings (SSSR count). The zero-order valence-electron chi connectivity index (χ0n) is 11.0. The zero-order valence-corrected chi connectivity index (χ0v) is 13.9. The molecule has 0 spiro atoms. The number of carbonyl (C=O) groups is 1. The third-order valence-corrected chi connectivity index (χ3v) is 2.02. The molecule has 2 aromatic rings. The number of aliphatic hydroxyl groups excluding tert-OH is 1. The molecule has 0 bridgehead atoms. The first-order chi connectivity index (χ1) is 8.88. The summed E-state index contributed by atoms with van der Waals surface area (Å²) in [6.07, 6.45) is 0. The van der Waals surface area contributed by atoms with Crippen molar-refractivity contribution in [3.05, 3.63) is 85.8 Å². The molecule has 3 heteroatoms. The van der Waals surface area contributed by atoms with Crippen LogP contribution in [0.5, 0.6) is 0 Å². The van der Waals surface area contributed by atoms with Gasteiger partial charge in [-0.05, 0) is 0 Å². The Hall–Kier alpha value is -0.826. The molecule has 0 saturated carbocycles. The van der Waals surface area contributed by atoms with Gasteiger partial charge < -0.3 is 12.0 Å². The molecule has 0 aliphatic carbocycles. The summed E-state index contributed by atoms with van der Waals surface area (Å²) in [5, 5.41) is 6.75. The predicted octanol–water partition coefficient (Wildman–Crippen LogP) is 3.71. The Balaban J connectivity index is 0. The van der Waals surface area contributed by atoms with Gasteiger partial charge in [-0.3, -0.25) is 4.79 Å². The number of rotatable bonds is 2. The summed E-state index contributed by atoms with van der Waals surface area (Å²) in [6, 6.07) is 19.2. The topological polar surface area (TPSA) is 37.3 Å². The van der Waals surface area contributed by atoms with E-state index in [2.05, 4.69) is 20.1 Å². The van der Waals surface area contributed by atoms with Gasteiger partial charge in [0, 0.05) is 5.56 Å². The van der Waals surface area contributed by atoms with Gasteiger partial charge in [0.2, 0.25) is 0 Å². The van der Waals surface area contributed by atoms with Crippen LogP contribution in [0, 0.1) is 20.1 Å². The first-order valence-corrected chi connectivity index (χ1v) is 5.46. The van der Waals surface area contributed by atoms with E-state index in [1.807, 2.05) is 30.3 Å². The van der Waals surface area contributed by atoms with E-state index in [0.717, 1.165) is 5.56 Å². The molecule has 0 fully saturated rings. The van der Waals surface area contributed by atoms with Crippen molar-refractivity contribution in [1.29, 1.82) is 0 Å². The molecule has 0 aromatic heterocycles. The Morgan fingerprint density at radius 2 is 1.37 bits per heavy atom. The van der Waals surface area contributed by atoms with Crippen molar-refractivity contribution in [2.24, 2.45) is 0 Å². The van der Waals surface area contributed by atoms with E-state index < -0.39 is 0 Å². The maximum atomic E-state index is 11.8. The van der Waals surface area contributed by atoms with E-state index in [9.17, 15) is 4.79 Å². The van der Waals surface area contributed by atoms with Crippen molar-refractivity contribution < 1.29 is 42.6 Å². The predicted molar refractivity (Wildman–Crippen MR) is 73.5 cm³/mol. The first-order valence-electron chi connectivity index (χ1n) is 5.46. The second-order valence-electron chi connectivity index (χ2n) is 2.98. The molecule has 0 heterocycles. The smallest absolute Gasteiger partial charge is 0.569 e. The van der Waals surface area contributed by atoms with Gasteiger partial charge in [0.15, 0.2) is 5.78 Å². The van der Waals surface area contributed by atoms with E-state index >= 15 is 0 Å². The Morgan fingerprint density at radius 3 is 1.84 bits per heavy atom. The number of aliphatic hydroxyl groups is 1. The molecule has 0 aliphatic rings. The minimum Gasteiger partial charge on any atom is -0.569 e. The summed E-state index contributed by atoms with van der Waals surface area (Å²) < 4.78 is 0. The molecule has 1 N–H and O–H groups in total. The van der Waals surface area contributed by atoms with Crippen LogP contribution in [-0.2, 0) is 32.7 Å². The van der Waals surface area contributed by atoms with Crippen molar-refractivity contribution in [3.8, 4) is 0 Å². The van der Waals surface area contributed by atoms with Crippen LogP contribution in [0.25, 0.3) is 0 Å². The Labute approximate surface area is 140 Å². The molecular formula is C16H17O2Y. The van der Waals surface area contributed by atoms with Crippen LogP contribution in [0.3, 0.4) is 0 Å². The molecular weight excluding hydrogens is 313 g/mol. The summed E-state index contributed by atoms with van der Waals surface area (Å²) in [5.41, 5.74) is 1.42. The molecule has 0 radical (unpaired) electrons. The number of hydrogen-bond donors (Lipinski definition) is 1. The summed E-state index contributed by atoms with van der Waals surface area (Å²) in [4.78, 5) is 11.8. The van der Waals surface area contributed by atoms with Crippen LogP contribution in [0.1, 0.15) is 22.8 Å². The second kappa shape index (κ2) is 13.6. The van der Waals surface area contributed by atoms with E-state index in [1.54, 1.807) is 31.2 Å². The summed E-state index contributed by atoms with van der Waals surface area (Å²) in [7, 11) is 2.25. The molecule has 2 aromatic carbocycles. The largest absolute Gasteiger partial charge is 3.00 e. The average Bonchev–Trinajstić information content (AvgIpc) is 2.52. The molecule has 0 amide bonds. The normalized spacial score (nSPS) is 7.79. The minimum absolute atomic E-state index is 0. The molecule has 0 atom stereocenters. The third kappa shape index (κ3) is 7.36. The fourth-order valence-corrected chi connectivity index (χ4v) is 1.29. The summed E-state index contributed by atoms with van der Waals surface area (Å²) in [5.74, 6) is 0.0552. The van der Waals surface area contributed by atoms with E-state index in [1.165, 1.54) is 0 Å². The average molecular weight is 330 g/mol. The number of benzene rings is 2. The molecule has 0 saturated heterocycles. The Morgan fingerprint density at radius 1 is 0.947 bits per heavy atom. The monoisotopic (exact) mass is 330 g/mol. The molecule has 0 unspecified atom stereocenters. The Kier molecular flexibility index (Phi) is 14.7. The van der Waals surface area contributed by atoms with Gasteiger partial charge in [-0.1, -0.05) is 35.9 Å². The molecule has 0 aliphatic heterocycles.